The molecule has 0 amide bonds. The van der Waals surface area contributed by atoms with Crippen LogP contribution in [-0.4, -0.2) is 37.2 Å². The van der Waals surface area contributed by atoms with E-state index < -0.39 is 11.6 Å². The van der Waals surface area contributed by atoms with E-state index in [1.165, 1.54) is 0 Å². The number of aromatic nitrogens is 5. The third-order valence-electron chi connectivity index (χ3n) is 5.99. The van der Waals surface area contributed by atoms with E-state index in [1.54, 1.807) is 29.4 Å². The van der Waals surface area contributed by atoms with Gasteiger partial charge in [0, 0.05) is 27.9 Å². The van der Waals surface area contributed by atoms with Gasteiger partial charge in [-0.1, -0.05) is 6.07 Å². The summed E-state index contributed by atoms with van der Waals surface area (Å²) in [6.45, 7) is 7.15. The fourth-order valence-corrected chi connectivity index (χ4v) is 5.05. The number of pyridine rings is 1. The maximum Gasteiger partial charge on any atom is 0.253 e. The van der Waals surface area contributed by atoms with Gasteiger partial charge in [0.2, 0.25) is 0 Å². The molecule has 0 radical (unpaired) electrons. The van der Waals surface area contributed by atoms with Gasteiger partial charge in [0.1, 0.15) is 17.6 Å². The van der Waals surface area contributed by atoms with Gasteiger partial charge in [0.15, 0.2) is 5.82 Å². The van der Waals surface area contributed by atoms with Crippen LogP contribution in [0.4, 0.5) is 0 Å². The molecule has 0 saturated heterocycles. The number of nitrogens with one attached hydrogen (secondary N) is 1. The normalized spacial score (nSPS) is 12.9. The Morgan fingerprint density at radius 3 is 2.72 bits per heavy atom. The molecule has 4 aromatic heterocycles. The molecule has 0 spiro atoms. The summed E-state index contributed by atoms with van der Waals surface area (Å²) in [7, 11) is 1.63. The van der Waals surface area contributed by atoms with Gasteiger partial charge in [-0.05, 0) is 79.0 Å². The van der Waals surface area contributed by atoms with Crippen LogP contribution in [-0.2, 0) is 18.6 Å². The molecule has 186 valence electrons. The number of methoxy groups -OCH3 is 1. The molecule has 0 unspecified atom stereocenters. The first-order valence-corrected chi connectivity index (χ1v) is 12.5. The predicted molar refractivity (Wildman–Crippen MR) is 138 cm³/mol. The van der Waals surface area contributed by atoms with Crippen LogP contribution in [0.1, 0.15) is 48.8 Å². The van der Waals surface area contributed by atoms with Crippen LogP contribution < -0.4 is 10.3 Å². The van der Waals surface area contributed by atoms with Gasteiger partial charge in [-0.3, -0.25) is 9.69 Å². The lowest BCUT2D eigenvalue weighted by molar-refractivity contribution is 0.173. The Morgan fingerprint density at radius 1 is 1.17 bits per heavy atom. The second-order valence-corrected chi connectivity index (χ2v) is 10.6. The van der Waals surface area contributed by atoms with Crippen molar-refractivity contribution in [2.75, 3.05) is 7.11 Å². The second-order valence-electron chi connectivity index (χ2n) is 9.59. The SMILES string of the molecule is COc1ccc2[nH]c(=O)c([C@@H](c3nnnn3C(C)(C)C)N(Cc3ccco3)Cc3cccs3)cc2c1. The summed E-state index contributed by atoms with van der Waals surface area (Å²) in [5, 5.41) is 15.7. The van der Waals surface area contributed by atoms with Crippen molar-refractivity contribution in [3.05, 3.63) is 92.6 Å². The smallest absolute Gasteiger partial charge is 0.253 e. The van der Waals surface area contributed by atoms with Crippen LogP contribution in [0.3, 0.4) is 0 Å². The number of ether oxygens (including phenoxy) is 1. The summed E-state index contributed by atoms with van der Waals surface area (Å²) in [4.78, 5) is 20.0. The second kappa shape index (κ2) is 9.71. The van der Waals surface area contributed by atoms with Crippen LogP contribution in [0.5, 0.6) is 5.75 Å². The molecule has 5 rings (SSSR count). The summed E-state index contributed by atoms with van der Waals surface area (Å²) in [5.74, 6) is 2.08. The number of thiophene rings is 1. The monoisotopic (exact) mass is 504 g/mol. The molecule has 0 aliphatic carbocycles. The van der Waals surface area contributed by atoms with Crippen molar-refractivity contribution in [3.8, 4) is 5.75 Å². The Labute approximate surface area is 212 Å². The van der Waals surface area contributed by atoms with Crippen molar-refractivity contribution in [2.24, 2.45) is 0 Å². The summed E-state index contributed by atoms with van der Waals surface area (Å²) in [5.41, 5.74) is 0.675. The van der Waals surface area contributed by atoms with E-state index in [4.69, 9.17) is 9.15 Å². The van der Waals surface area contributed by atoms with Gasteiger partial charge in [-0.2, -0.15) is 0 Å². The van der Waals surface area contributed by atoms with Crippen molar-refractivity contribution in [1.82, 2.24) is 30.1 Å². The molecule has 0 fully saturated rings. The lowest BCUT2D eigenvalue weighted by Crippen LogP contribution is -2.37. The van der Waals surface area contributed by atoms with Crippen LogP contribution in [0, 0.1) is 0 Å². The quantitative estimate of drug-likeness (QED) is 0.326. The van der Waals surface area contributed by atoms with E-state index in [1.807, 2.05) is 68.6 Å². The Kier molecular flexibility index (Phi) is 6.46. The van der Waals surface area contributed by atoms with Crippen LogP contribution in [0.15, 0.2) is 69.4 Å². The van der Waals surface area contributed by atoms with Gasteiger partial charge >= 0.3 is 0 Å². The molecule has 0 saturated carbocycles. The first-order chi connectivity index (χ1) is 17.3. The minimum Gasteiger partial charge on any atom is -0.497 e. The Hall–Kier alpha value is -3.76. The average molecular weight is 505 g/mol. The molecular weight excluding hydrogens is 476 g/mol. The fourth-order valence-electron chi connectivity index (χ4n) is 4.32. The van der Waals surface area contributed by atoms with E-state index in [-0.39, 0.29) is 5.56 Å². The summed E-state index contributed by atoms with van der Waals surface area (Å²) in [6, 6.07) is 14.8. The highest BCUT2D eigenvalue weighted by Gasteiger charge is 2.34. The van der Waals surface area contributed by atoms with E-state index in [2.05, 4.69) is 31.5 Å². The fraction of sp³-hybridized carbons (Fsp3) is 0.308. The van der Waals surface area contributed by atoms with Crippen molar-refractivity contribution < 1.29 is 9.15 Å². The van der Waals surface area contributed by atoms with Crippen LogP contribution in [0.25, 0.3) is 10.9 Å². The molecule has 9 nitrogen and oxygen atoms in total. The minimum absolute atomic E-state index is 0.197. The van der Waals surface area contributed by atoms with E-state index in [0.29, 0.717) is 30.2 Å². The largest absolute Gasteiger partial charge is 0.497 e. The molecule has 0 bridgehead atoms. The van der Waals surface area contributed by atoms with Crippen molar-refractivity contribution in [1.29, 1.82) is 0 Å². The number of hydrogen-bond acceptors (Lipinski definition) is 8. The molecule has 0 aliphatic heterocycles. The summed E-state index contributed by atoms with van der Waals surface area (Å²) in [6.07, 6.45) is 1.65. The molecule has 36 heavy (non-hydrogen) atoms. The van der Waals surface area contributed by atoms with E-state index >= 15 is 0 Å². The van der Waals surface area contributed by atoms with Crippen molar-refractivity contribution in [3.63, 3.8) is 0 Å². The number of furan rings is 1. The van der Waals surface area contributed by atoms with Crippen LogP contribution >= 0.6 is 11.3 Å². The highest BCUT2D eigenvalue weighted by atomic mass is 32.1. The molecular formula is C26H28N6O3S. The number of fused-ring (bicyclic) bond motifs is 1. The summed E-state index contributed by atoms with van der Waals surface area (Å²) < 4.78 is 12.9. The van der Waals surface area contributed by atoms with Crippen LogP contribution in [0.2, 0.25) is 0 Å². The number of nitrogens with zero attached hydrogens (tertiary/aromatic N) is 5. The molecule has 4 heterocycles. The van der Waals surface area contributed by atoms with E-state index in [0.717, 1.165) is 21.5 Å². The van der Waals surface area contributed by atoms with Gasteiger partial charge in [-0.15, -0.1) is 16.4 Å². The minimum atomic E-state index is -0.550. The standard InChI is InChI=1S/C26H28N6O3S/c1-26(2,3)32-24(28-29-30-32)23(21-14-17-13-18(34-4)9-10-22(17)27-25(21)33)31(15-19-7-5-11-35-19)16-20-8-6-12-36-20/h5-14,23H,15-16H2,1-4H3,(H,27,33)/t23-/m0/s1. The van der Waals surface area contributed by atoms with Crippen molar-refractivity contribution >= 4 is 22.2 Å². The number of aromatic amines is 1. The zero-order valence-electron chi connectivity index (χ0n) is 20.6. The van der Waals surface area contributed by atoms with Gasteiger partial charge in [0.25, 0.3) is 5.56 Å². The molecule has 1 aromatic carbocycles. The maximum absolute atomic E-state index is 13.6. The topological polar surface area (TPSA) is 102 Å². The molecule has 1 N–H and O–H groups in total. The molecule has 5 aromatic rings. The Morgan fingerprint density at radius 2 is 2.03 bits per heavy atom. The third kappa shape index (κ3) is 4.82. The van der Waals surface area contributed by atoms with Gasteiger partial charge < -0.3 is 14.1 Å². The van der Waals surface area contributed by atoms with E-state index in [9.17, 15) is 4.79 Å². The molecule has 0 aliphatic rings. The molecule has 1 atom stereocenters. The first kappa shape index (κ1) is 24.0. The molecule has 10 heteroatoms. The Balaban J connectivity index is 1.73. The maximum atomic E-state index is 13.6. The van der Waals surface area contributed by atoms with Gasteiger partial charge in [0.05, 0.1) is 25.5 Å². The zero-order chi connectivity index (χ0) is 25.3. The zero-order valence-corrected chi connectivity index (χ0v) is 21.5. The third-order valence-corrected chi connectivity index (χ3v) is 6.85. The number of hydrogen-bond donors (Lipinski definition) is 1. The number of rotatable bonds is 8. The Bertz CT molecular complexity index is 1460. The lowest BCUT2D eigenvalue weighted by atomic mass is 10.0. The summed E-state index contributed by atoms with van der Waals surface area (Å²) >= 11 is 1.66. The average Bonchev–Trinajstić information content (AvgIpc) is 3.62. The van der Waals surface area contributed by atoms with Gasteiger partial charge in [-0.25, -0.2) is 4.68 Å². The first-order valence-electron chi connectivity index (χ1n) is 11.6. The number of tetrazole rings is 1. The highest BCUT2D eigenvalue weighted by Crippen LogP contribution is 2.33. The number of H-pyrrole nitrogens is 1. The van der Waals surface area contributed by atoms with Crippen molar-refractivity contribution in [2.45, 2.75) is 45.4 Å². The predicted octanol–water partition coefficient (Wildman–Crippen LogP) is 4.72. The highest BCUT2D eigenvalue weighted by molar-refractivity contribution is 7.09. The lowest BCUT2D eigenvalue weighted by Gasteiger charge is -2.32. The number of benzene rings is 1.